The zero-order valence-corrected chi connectivity index (χ0v) is 14.4. The fourth-order valence-corrected chi connectivity index (χ4v) is 3.46. The van der Waals surface area contributed by atoms with Crippen molar-refractivity contribution in [1.29, 1.82) is 0 Å². The van der Waals surface area contributed by atoms with Crippen LogP contribution < -0.4 is 9.47 Å². The molecular formula is C20H21NO5. The van der Waals surface area contributed by atoms with Gasteiger partial charge in [0.25, 0.3) is 5.91 Å². The molecule has 0 saturated carbocycles. The highest BCUT2D eigenvalue weighted by Gasteiger charge is 2.38. The maximum Gasteiger partial charge on any atom is 0.254 e. The SMILES string of the molecule is O=C(c1ccc2c(c1)OCO2)N1CCO[C@](CO)(Cc2ccccc2)C1. The number of morpholine rings is 1. The molecule has 136 valence electrons. The smallest absolute Gasteiger partial charge is 0.254 e. The van der Waals surface area contributed by atoms with Gasteiger partial charge in [0.05, 0.1) is 19.8 Å². The fraction of sp³-hybridized carbons (Fsp3) is 0.350. The Bertz CT molecular complexity index is 794. The van der Waals surface area contributed by atoms with Crippen molar-refractivity contribution in [3.8, 4) is 11.5 Å². The topological polar surface area (TPSA) is 68.2 Å². The first-order valence-corrected chi connectivity index (χ1v) is 8.67. The van der Waals surface area contributed by atoms with Crippen LogP contribution in [-0.4, -0.2) is 54.6 Å². The Kier molecular flexibility index (Phi) is 4.53. The van der Waals surface area contributed by atoms with Gasteiger partial charge in [-0.3, -0.25) is 4.79 Å². The van der Waals surface area contributed by atoms with E-state index in [9.17, 15) is 9.90 Å². The zero-order valence-electron chi connectivity index (χ0n) is 14.4. The molecule has 2 aromatic rings. The molecule has 0 bridgehead atoms. The number of benzene rings is 2. The predicted octanol–water partition coefficient (Wildman–Crippen LogP) is 1.86. The summed E-state index contributed by atoms with van der Waals surface area (Å²) in [6.45, 7) is 1.25. The number of nitrogens with zero attached hydrogens (tertiary/aromatic N) is 1. The molecule has 2 aliphatic heterocycles. The lowest BCUT2D eigenvalue weighted by atomic mass is 9.93. The van der Waals surface area contributed by atoms with Crippen LogP contribution >= 0.6 is 0 Å². The molecule has 1 saturated heterocycles. The minimum absolute atomic E-state index is 0.0995. The molecule has 6 heteroatoms. The summed E-state index contributed by atoms with van der Waals surface area (Å²) < 4.78 is 16.6. The first-order chi connectivity index (χ1) is 12.7. The molecule has 2 heterocycles. The van der Waals surface area contributed by atoms with E-state index in [-0.39, 0.29) is 19.3 Å². The van der Waals surface area contributed by atoms with Gasteiger partial charge in [-0.05, 0) is 23.8 Å². The van der Waals surface area contributed by atoms with Crippen LogP contribution in [0.3, 0.4) is 0 Å². The second kappa shape index (κ2) is 6.97. The Balaban J connectivity index is 1.52. The lowest BCUT2D eigenvalue weighted by Gasteiger charge is -2.42. The number of amides is 1. The van der Waals surface area contributed by atoms with Gasteiger partial charge in [-0.25, -0.2) is 0 Å². The Labute approximate surface area is 151 Å². The highest BCUT2D eigenvalue weighted by molar-refractivity contribution is 5.95. The molecule has 1 fully saturated rings. The van der Waals surface area contributed by atoms with Gasteiger partial charge in [0.2, 0.25) is 6.79 Å². The molecule has 4 rings (SSSR count). The Morgan fingerprint density at radius 2 is 1.92 bits per heavy atom. The van der Waals surface area contributed by atoms with Crippen LogP contribution in [0.15, 0.2) is 48.5 Å². The van der Waals surface area contributed by atoms with Crippen molar-refractivity contribution in [3.63, 3.8) is 0 Å². The van der Waals surface area contributed by atoms with E-state index < -0.39 is 5.60 Å². The van der Waals surface area contributed by atoms with Crippen LogP contribution in [0.2, 0.25) is 0 Å². The van der Waals surface area contributed by atoms with E-state index >= 15 is 0 Å². The lowest BCUT2D eigenvalue weighted by Crippen LogP contribution is -2.56. The van der Waals surface area contributed by atoms with Gasteiger partial charge in [-0.2, -0.15) is 0 Å². The summed E-state index contributed by atoms with van der Waals surface area (Å²) in [4.78, 5) is 14.7. The van der Waals surface area contributed by atoms with Crippen LogP contribution in [0.5, 0.6) is 11.5 Å². The van der Waals surface area contributed by atoms with E-state index in [0.29, 0.717) is 43.2 Å². The van der Waals surface area contributed by atoms with Gasteiger partial charge in [0.15, 0.2) is 11.5 Å². The number of carbonyl (C=O) groups is 1. The summed E-state index contributed by atoms with van der Waals surface area (Å²) in [5.41, 5.74) is 0.827. The number of rotatable bonds is 4. The highest BCUT2D eigenvalue weighted by atomic mass is 16.7. The van der Waals surface area contributed by atoms with Gasteiger partial charge in [-0.1, -0.05) is 30.3 Å². The summed E-state index contributed by atoms with van der Waals surface area (Å²) in [6, 6.07) is 15.1. The first-order valence-electron chi connectivity index (χ1n) is 8.67. The number of aliphatic hydroxyl groups is 1. The standard InChI is InChI=1S/C20H21NO5/c22-13-20(11-15-4-2-1-3-5-15)12-21(8-9-26-20)19(23)16-6-7-17-18(10-16)25-14-24-17/h1-7,10,22H,8-9,11-14H2/t20-/m1/s1. The molecule has 1 atom stereocenters. The van der Waals surface area contributed by atoms with Gasteiger partial charge >= 0.3 is 0 Å². The van der Waals surface area contributed by atoms with Crippen molar-refractivity contribution in [2.24, 2.45) is 0 Å². The van der Waals surface area contributed by atoms with E-state index in [1.54, 1.807) is 23.1 Å². The lowest BCUT2D eigenvalue weighted by molar-refractivity contribution is -0.123. The Hall–Kier alpha value is -2.57. The second-order valence-electron chi connectivity index (χ2n) is 6.65. The van der Waals surface area contributed by atoms with E-state index in [1.165, 1.54) is 0 Å². The van der Waals surface area contributed by atoms with Gasteiger partial charge in [-0.15, -0.1) is 0 Å². The number of hydrogen-bond donors (Lipinski definition) is 1. The normalized spacial score (nSPS) is 21.7. The fourth-order valence-electron chi connectivity index (χ4n) is 3.46. The van der Waals surface area contributed by atoms with E-state index in [0.717, 1.165) is 5.56 Å². The average Bonchev–Trinajstić information content (AvgIpc) is 3.16. The molecular weight excluding hydrogens is 334 g/mol. The maximum absolute atomic E-state index is 12.9. The molecule has 1 N–H and O–H groups in total. The molecule has 0 radical (unpaired) electrons. The Morgan fingerprint density at radius 1 is 1.12 bits per heavy atom. The van der Waals surface area contributed by atoms with Crippen LogP contribution in [0.1, 0.15) is 15.9 Å². The van der Waals surface area contributed by atoms with Crippen molar-refractivity contribution in [3.05, 3.63) is 59.7 Å². The van der Waals surface area contributed by atoms with Crippen molar-refractivity contribution >= 4 is 5.91 Å². The van der Waals surface area contributed by atoms with Gasteiger partial charge < -0.3 is 24.2 Å². The third-order valence-electron chi connectivity index (χ3n) is 4.81. The second-order valence-corrected chi connectivity index (χ2v) is 6.65. The van der Waals surface area contributed by atoms with Crippen molar-refractivity contribution in [2.45, 2.75) is 12.0 Å². The summed E-state index contributed by atoms with van der Waals surface area (Å²) in [5.74, 6) is 1.14. The van der Waals surface area contributed by atoms with Crippen molar-refractivity contribution < 1.29 is 24.1 Å². The van der Waals surface area contributed by atoms with Crippen LogP contribution in [0.4, 0.5) is 0 Å². The zero-order chi connectivity index (χ0) is 18.0. The molecule has 2 aromatic carbocycles. The molecule has 26 heavy (non-hydrogen) atoms. The molecule has 0 aliphatic carbocycles. The van der Waals surface area contributed by atoms with Crippen molar-refractivity contribution in [2.75, 3.05) is 33.1 Å². The minimum atomic E-state index is -0.786. The number of carbonyl (C=O) groups excluding carboxylic acids is 1. The highest BCUT2D eigenvalue weighted by Crippen LogP contribution is 2.33. The molecule has 1 amide bonds. The monoisotopic (exact) mass is 355 g/mol. The number of fused-ring (bicyclic) bond motifs is 1. The quantitative estimate of drug-likeness (QED) is 0.907. The minimum Gasteiger partial charge on any atom is -0.454 e. The predicted molar refractivity (Wildman–Crippen MR) is 94.4 cm³/mol. The molecule has 0 unspecified atom stereocenters. The third kappa shape index (κ3) is 3.25. The Morgan fingerprint density at radius 3 is 2.73 bits per heavy atom. The van der Waals surface area contributed by atoms with E-state index in [4.69, 9.17) is 14.2 Å². The largest absolute Gasteiger partial charge is 0.454 e. The molecule has 2 aliphatic rings. The van der Waals surface area contributed by atoms with Crippen LogP contribution in [0, 0.1) is 0 Å². The summed E-state index contributed by atoms with van der Waals surface area (Å²) >= 11 is 0. The molecule has 0 aromatic heterocycles. The van der Waals surface area contributed by atoms with E-state index in [2.05, 4.69) is 0 Å². The first kappa shape index (κ1) is 16.9. The summed E-state index contributed by atoms with van der Waals surface area (Å²) in [7, 11) is 0. The number of hydrogen-bond acceptors (Lipinski definition) is 5. The molecule has 0 spiro atoms. The summed E-state index contributed by atoms with van der Waals surface area (Å²) in [6.07, 6.45) is 0.551. The number of ether oxygens (including phenoxy) is 3. The van der Waals surface area contributed by atoms with Gasteiger partial charge in [0.1, 0.15) is 5.60 Å². The third-order valence-corrected chi connectivity index (χ3v) is 4.81. The number of aliphatic hydroxyl groups excluding tert-OH is 1. The van der Waals surface area contributed by atoms with Gasteiger partial charge in [0, 0.05) is 18.5 Å². The maximum atomic E-state index is 12.9. The molecule has 6 nitrogen and oxygen atoms in total. The van der Waals surface area contributed by atoms with Crippen LogP contribution in [-0.2, 0) is 11.2 Å². The average molecular weight is 355 g/mol. The van der Waals surface area contributed by atoms with E-state index in [1.807, 2.05) is 30.3 Å². The van der Waals surface area contributed by atoms with Crippen LogP contribution in [0.25, 0.3) is 0 Å². The van der Waals surface area contributed by atoms with Crippen molar-refractivity contribution in [1.82, 2.24) is 4.90 Å². The summed E-state index contributed by atoms with van der Waals surface area (Å²) in [5, 5.41) is 10.0.